The van der Waals surface area contributed by atoms with Crippen molar-refractivity contribution >= 4 is 22.8 Å². The van der Waals surface area contributed by atoms with Crippen LogP contribution < -0.4 is 4.90 Å². The number of carbonyl (C=O) groups is 1. The van der Waals surface area contributed by atoms with E-state index in [-0.39, 0.29) is 5.91 Å². The van der Waals surface area contributed by atoms with Gasteiger partial charge in [-0.25, -0.2) is 9.97 Å². The SMILES string of the molecule is CC(=O)N1CCCN(c2ncnc3c2cnn3C)CC1. The Morgan fingerprint density at radius 2 is 2.05 bits per heavy atom. The normalized spacial score (nSPS) is 16.5. The number of aromatic nitrogens is 4. The van der Waals surface area contributed by atoms with E-state index in [1.165, 1.54) is 0 Å². The van der Waals surface area contributed by atoms with E-state index in [4.69, 9.17) is 0 Å². The molecule has 0 saturated carbocycles. The summed E-state index contributed by atoms with van der Waals surface area (Å²) in [6.07, 6.45) is 4.33. The predicted octanol–water partition coefficient (Wildman–Crippen LogP) is 0.422. The maximum atomic E-state index is 11.5. The summed E-state index contributed by atoms with van der Waals surface area (Å²) in [6.45, 7) is 4.86. The Bertz CT molecular complexity index is 637. The highest BCUT2D eigenvalue weighted by Crippen LogP contribution is 2.23. The minimum absolute atomic E-state index is 0.140. The van der Waals surface area contributed by atoms with Gasteiger partial charge in [0.05, 0.1) is 11.6 Å². The van der Waals surface area contributed by atoms with Gasteiger partial charge in [-0.15, -0.1) is 0 Å². The Labute approximate surface area is 117 Å². The number of rotatable bonds is 1. The molecule has 1 saturated heterocycles. The molecular formula is C13H18N6O. The third kappa shape index (κ3) is 2.19. The highest BCUT2D eigenvalue weighted by molar-refractivity contribution is 5.86. The summed E-state index contributed by atoms with van der Waals surface area (Å²) in [5, 5.41) is 5.20. The van der Waals surface area contributed by atoms with Crippen LogP contribution in [0.25, 0.3) is 11.0 Å². The number of amides is 1. The highest BCUT2D eigenvalue weighted by Gasteiger charge is 2.20. The van der Waals surface area contributed by atoms with Crippen LogP contribution in [0.5, 0.6) is 0 Å². The fourth-order valence-corrected chi connectivity index (χ4v) is 2.65. The van der Waals surface area contributed by atoms with Crippen LogP contribution in [0.2, 0.25) is 0 Å². The minimum Gasteiger partial charge on any atom is -0.354 e. The second kappa shape index (κ2) is 5.07. The number of hydrogen-bond acceptors (Lipinski definition) is 5. The predicted molar refractivity (Wildman–Crippen MR) is 75.4 cm³/mol. The summed E-state index contributed by atoms with van der Waals surface area (Å²) in [7, 11) is 1.87. The first-order valence-corrected chi connectivity index (χ1v) is 6.80. The molecule has 7 nitrogen and oxygen atoms in total. The molecule has 3 heterocycles. The molecule has 0 aromatic carbocycles. The van der Waals surface area contributed by atoms with Crippen molar-refractivity contribution in [3.63, 3.8) is 0 Å². The maximum absolute atomic E-state index is 11.5. The first-order valence-electron chi connectivity index (χ1n) is 6.80. The van der Waals surface area contributed by atoms with Gasteiger partial charge in [0.2, 0.25) is 5.91 Å². The van der Waals surface area contributed by atoms with Crippen LogP contribution in [0.15, 0.2) is 12.5 Å². The molecule has 0 spiro atoms. The number of fused-ring (bicyclic) bond motifs is 1. The van der Waals surface area contributed by atoms with E-state index in [1.54, 1.807) is 24.1 Å². The van der Waals surface area contributed by atoms with Crippen molar-refractivity contribution in [3.05, 3.63) is 12.5 Å². The molecule has 0 aliphatic carbocycles. The van der Waals surface area contributed by atoms with Gasteiger partial charge in [0.1, 0.15) is 12.1 Å². The van der Waals surface area contributed by atoms with E-state index < -0.39 is 0 Å². The van der Waals surface area contributed by atoms with Crippen LogP contribution >= 0.6 is 0 Å². The first-order chi connectivity index (χ1) is 9.66. The minimum atomic E-state index is 0.140. The zero-order valence-electron chi connectivity index (χ0n) is 11.8. The molecule has 0 unspecified atom stereocenters. The molecule has 1 aliphatic rings. The van der Waals surface area contributed by atoms with Crippen molar-refractivity contribution in [2.75, 3.05) is 31.1 Å². The molecule has 1 amide bonds. The molecular weight excluding hydrogens is 256 g/mol. The van der Waals surface area contributed by atoms with Crippen molar-refractivity contribution in [2.45, 2.75) is 13.3 Å². The lowest BCUT2D eigenvalue weighted by Crippen LogP contribution is -2.33. The summed E-state index contributed by atoms with van der Waals surface area (Å²) in [5.41, 5.74) is 0.836. The van der Waals surface area contributed by atoms with Gasteiger partial charge in [0.25, 0.3) is 0 Å². The van der Waals surface area contributed by atoms with Crippen molar-refractivity contribution in [2.24, 2.45) is 7.05 Å². The zero-order valence-corrected chi connectivity index (χ0v) is 11.8. The Balaban J connectivity index is 1.89. The molecule has 0 atom stereocenters. The largest absolute Gasteiger partial charge is 0.354 e. The highest BCUT2D eigenvalue weighted by atomic mass is 16.2. The van der Waals surface area contributed by atoms with Crippen molar-refractivity contribution in [1.82, 2.24) is 24.6 Å². The fraction of sp³-hybridized carbons (Fsp3) is 0.538. The second-order valence-electron chi connectivity index (χ2n) is 5.05. The van der Waals surface area contributed by atoms with Crippen LogP contribution in [0.4, 0.5) is 5.82 Å². The molecule has 0 N–H and O–H groups in total. The molecule has 0 radical (unpaired) electrons. The summed E-state index contributed by atoms with van der Waals surface area (Å²) in [5.74, 6) is 1.05. The molecule has 106 valence electrons. The standard InChI is InChI=1S/C13H18N6O/c1-10(20)18-4-3-5-19(7-6-18)13-11-8-16-17(2)12(11)14-9-15-13/h8-9H,3-7H2,1-2H3. The van der Waals surface area contributed by atoms with Gasteiger partial charge >= 0.3 is 0 Å². The molecule has 0 bridgehead atoms. The molecule has 20 heavy (non-hydrogen) atoms. The van der Waals surface area contributed by atoms with E-state index in [0.29, 0.717) is 0 Å². The van der Waals surface area contributed by atoms with E-state index in [1.807, 2.05) is 11.9 Å². The van der Waals surface area contributed by atoms with Gasteiger partial charge in [-0.3, -0.25) is 9.48 Å². The van der Waals surface area contributed by atoms with Crippen LogP contribution in [0, 0.1) is 0 Å². The Morgan fingerprint density at radius 3 is 2.85 bits per heavy atom. The smallest absolute Gasteiger partial charge is 0.219 e. The first kappa shape index (κ1) is 12.8. The van der Waals surface area contributed by atoms with Crippen molar-refractivity contribution in [1.29, 1.82) is 0 Å². The third-order valence-corrected chi connectivity index (χ3v) is 3.75. The van der Waals surface area contributed by atoms with Gasteiger partial charge in [0.15, 0.2) is 5.65 Å². The molecule has 1 fully saturated rings. The van der Waals surface area contributed by atoms with Crippen LogP contribution in [0.3, 0.4) is 0 Å². The topological polar surface area (TPSA) is 67.2 Å². The Kier molecular flexibility index (Phi) is 3.25. The van der Waals surface area contributed by atoms with E-state index in [2.05, 4.69) is 20.0 Å². The second-order valence-corrected chi connectivity index (χ2v) is 5.05. The molecule has 1 aliphatic heterocycles. The zero-order chi connectivity index (χ0) is 14.1. The van der Waals surface area contributed by atoms with Gasteiger partial charge in [-0.2, -0.15) is 5.10 Å². The van der Waals surface area contributed by atoms with Gasteiger partial charge in [0, 0.05) is 40.2 Å². The molecule has 2 aromatic heterocycles. The van der Waals surface area contributed by atoms with E-state index >= 15 is 0 Å². The van der Waals surface area contributed by atoms with Crippen LogP contribution in [-0.4, -0.2) is 56.7 Å². The lowest BCUT2D eigenvalue weighted by molar-refractivity contribution is -0.128. The average molecular weight is 274 g/mol. The number of carbonyl (C=O) groups excluding carboxylic acids is 1. The van der Waals surface area contributed by atoms with E-state index in [0.717, 1.165) is 49.5 Å². The Morgan fingerprint density at radius 1 is 1.20 bits per heavy atom. The summed E-state index contributed by atoms with van der Waals surface area (Å²) >= 11 is 0. The number of hydrogen-bond donors (Lipinski definition) is 0. The lowest BCUT2D eigenvalue weighted by Gasteiger charge is -2.22. The van der Waals surface area contributed by atoms with Crippen molar-refractivity contribution < 1.29 is 4.79 Å². The summed E-state index contributed by atoms with van der Waals surface area (Å²) in [4.78, 5) is 24.3. The Hall–Kier alpha value is -2.18. The van der Waals surface area contributed by atoms with Gasteiger partial charge < -0.3 is 9.80 Å². The average Bonchev–Trinajstić information content (AvgIpc) is 2.68. The van der Waals surface area contributed by atoms with Gasteiger partial charge in [-0.1, -0.05) is 0 Å². The number of anilines is 1. The number of aryl methyl sites for hydroxylation is 1. The van der Waals surface area contributed by atoms with E-state index in [9.17, 15) is 4.79 Å². The van der Waals surface area contributed by atoms with Crippen LogP contribution in [0.1, 0.15) is 13.3 Å². The lowest BCUT2D eigenvalue weighted by atomic mass is 10.3. The molecule has 3 rings (SSSR count). The quantitative estimate of drug-likeness (QED) is 0.754. The summed E-state index contributed by atoms with van der Waals surface area (Å²) in [6, 6.07) is 0. The maximum Gasteiger partial charge on any atom is 0.219 e. The number of nitrogens with zero attached hydrogens (tertiary/aromatic N) is 6. The summed E-state index contributed by atoms with van der Waals surface area (Å²) < 4.78 is 1.75. The van der Waals surface area contributed by atoms with Crippen molar-refractivity contribution in [3.8, 4) is 0 Å². The van der Waals surface area contributed by atoms with Crippen LogP contribution in [-0.2, 0) is 11.8 Å². The monoisotopic (exact) mass is 274 g/mol. The van der Waals surface area contributed by atoms with Gasteiger partial charge in [-0.05, 0) is 6.42 Å². The molecule has 7 heteroatoms. The third-order valence-electron chi connectivity index (χ3n) is 3.75. The molecule has 2 aromatic rings. The fourth-order valence-electron chi connectivity index (χ4n) is 2.65.